The van der Waals surface area contributed by atoms with Crippen LogP contribution in [-0.2, 0) is 22.1 Å². The molecule has 3 saturated heterocycles. The molecule has 3 amide bonds. The Hall–Kier alpha value is -5.70. The Morgan fingerprint density at radius 1 is 0.947 bits per heavy atom. The molecule has 57 heavy (non-hydrogen) atoms. The number of nitrogens with zero attached hydrogens (tertiary/aromatic N) is 8. The molecule has 1 spiro atoms. The molecule has 15 nitrogen and oxygen atoms in total. The Bertz CT molecular complexity index is 2480. The predicted molar refractivity (Wildman–Crippen MR) is 217 cm³/mol. The van der Waals surface area contributed by atoms with Gasteiger partial charge >= 0.3 is 5.69 Å². The van der Waals surface area contributed by atoms with Gasteiger partial charge in [0.1, 0.15) is 6.04 Å². The molecule has 296 valence electrons. The number of imide groups is 1. The molecule has 3 aromatic heterocycles. The summed E-state index contributed by atoms with van der Waals surface area (Å²) in [5.74, 6) is 0.570. The normalized spacial score (nSPS) is 21.4. The number of anilines is 4. The van der Waals surface area contributed by atoms with Gasteiger partial charge in [-0.25, -0.2) is 14.3 Å². The minimum absolute atomic E-state index is 0.0178. The van der Waals surface area contributed by atoms with Crippen LogP contribution >= 0.6 is 0 Å². The van der Waals surface area contributed by atoms with Gasteiger partial charge in [-0.15, -0.1) is 5.10 Å². The van der Waals surface area contributed by atoms with Crippen LogP contribution in [0.15, 0.2) is 59.5 Å². The van der Waals surface area contributed by atoms with E-state index < -0.39 is 11.9 Å². The molecule has 2 aromatic carbocycles. The van der Waals surface area contributed by atoms with E-state index in [1.165, 1.54) is 11.3 Å². The van der Waals surface area contributed by atoms with Crippen LogP contribution in [0, 0.1) is 5.92 Å². The van der Waals surface area contributed by atoms with E-state index in [1.807, 2.05) is 13.1 Å². The summed E-state index contributed by atoms with van der Waals surface area (Å²) < 4.78 is 4.85. The lowest BCUT2D eigenvalue weighted by molar-refractivity contribution is -0.135. The van der Waals surface area contributed by atoms with Crippen LogP contribution in [0.1, 0.15) is 73.5 Å². The molecule has 7 heterocycles. The number of aromatic nitrogens is 5. The number of benzene rings is 2. The third-order valence-electron chi connectivity index (χ3n) is 13.3. The van der Waals surface area contributed by atoms with E-state index in [0.29, 0.717) is 29.2 Å². The number of rotatable bonds is 8. The SMILES string of the molecule is CNc1cc(N2CC3(CCN(CC4CCN(c5ccc6c(c5)n(C)c(=O)n6C5CCC(=O)NC5=O)CC4)CC3)c3ccccc32)nn2c(C(=O)NC3CC3)cnc12. The minimum Gasteiger partial charge on any atom is -0.385 e. The zero-order valence-electron chi connectivity index (χ0n) is 32.5. The van der Waals surface area contributed by atoms with Crippen LogP contribution in [0.25, 0.3) is 16.7 Å². The second-order valence-electron chi connectivity index (χ2n) is 16.8. The van der Waals surface area contributed by atoms with E-state index >= 15 is 0 Å². The first-order valence-corrected chi connectivity index (χ1v) is 20.5. The van der Waals surface area contributed by atoms with Crippen molar-refractivity contribution in [3.63, 3.8) is 0 Å². The van der Waals surface area contributed by atoms with Crippen molar-refractivity contribution in [1.29, 1.82) is 0 Å². The van der Waals surface area contributed by atoms with Gasteiger partial charge in [-0.3, -0.25) is 28.8 Å². The molecular weight excluding hydrogens is 723 g/mol. The molecule has 15 heteroatoms. The highest BCUT2D eigenvalue weighted by atomic mass is 16.2. The Labute approximate surface area is 330 Å². The van der Waals surface area contributed by atoms with Gasteiger partial charge in [0, 0.05) is 75.6 Å². The molecular formula is C42H49N11O4. The number of para-hydroxylation sites is 1. The highest BCUT2D eigenvalue weighted by Gasteiger charge is 2.46. The number of piperidine rings is 3. The van der Waals surface area contributed by atoms with Crippen LogP contribution in [0.5, 0.6) is 0 Å². The first-order valence-electron chi connectivity index (χ1n) is 20.5. The standard InChI is InChI=1S/C42H49N11O4/c1-43-30-22-36(47-53-35(23-44-38(30)53)40(56)45-27-7-8-27)51-25-42(29-5-3-4-6-31(29)51)15-19-49(20-16-42)24-26-13-17-50(18-14-26)28-9-10-32-34(21-28)48(2)41(57)52(32)33-11-12-37(54)46-39(33)55/h3-6,9-10,21-23,26-27,33,43H,7-8,11-20,24-25H2,1-2H3,(H,45,56)(H,46,54,55). The number of likely N-dealkylation sites (tertiary alicyclic amines) is 1. The quantitative estimate of drug-likeness (QED) is 0.199. The van der Waals surface area contributed by atoms with Crippen molar-refractivity contribution < 1.29 is 14.4 Å². The van der Waals surface area contributed by atoms with Crippen molar-refractivity contribution in [1.82, 2.24) is 39.3 Å². The number of hydrogen-bond donors (Lipinski definition) is 3. The maximum atomic E-state index is 13.3. The molecule has 5 aliphatic rings. The van der Waals surface area contributed by atoms with Gasteiger partial charge in [0.2, 0.25) is 11.8 Å². The van der Waals surface area contributed by atoms with Crippen molar-refractivity contribution in [3.05, 3.63) is 76.5 Å². The fourth-order valence-electron chi connectivity index (χ4n) is 9.86. The molecule has 0 radical (unpaired) electrons. The van der Waals surface area contributed by atoms with E-state index in [9.17, 15) is 19.2 Å². The molecule has 5 aromatic rings. The molecule has 4 aliphatic heterocycles. The van der Waals surface area contributed by atoms with Gasteiger partial charge < -0.3 is 25.3 Å². The molecule has 3 N–H and O–H groups in total. The molecule has 1 aliphatic carbocycles. The number of amides is 3. The average Bonchev–Trinajstić information content (AvgIpc) is 3.76. The molecule has 1 atom stereocenters. The highest BCUT2D eigenvalue weighted by Crippen LogP contribution is 2.49. The van der Waals surface area contributed by atoms with Crippen molar-refractivity contribution in [2.45, 2.75) is 68.9 Å². The highest BCUT2D eigenvalue weighted by molar-refractivity contribution is 6.00. The summed E-state index contributed by atoms with van der Waals surface area (Å²) >= 11 is 0. The first kappa shape index (κ1) is 35.7. The lowest BCUT2D eigenvalue weighted by Gasteiger charge is -2.42. The summed E-state index contributed by atoms with van der Waals surface area (Å²) in [7, 11) is 3.63. The number of hydrogen-bond acceptors (Lipinski definition) is 10. The van der Waals surface area contributed by atoms with E-state index in [0.717, 1.165) is 101 Å². The first-order chi connectivity index (χ1) is 27.7. The van der Waals surface area contributed by atoms with E-state index in [4.69, 9.17) is 5.10 Å². The topological polar surface area (TPSA) is 154 Å². The summed E-state index contributed by atoms with van der Waals surface area (Å²) in [6.07, 6.45) is 8.54. The number of fused-ring (bicyclic) bond motifs is 4. The van der Waals surface area contributed by atoms with Gasteiger partial charge in [0.05, 0.1) is 22.9 Å². The van der Waals surface area contributed by atoms with Crippen LogP contribution in [0.2, 0.25) is 0 Å². The molecule has 1 saturated carbocycles. The van der Waals surface area contributed by atoms with Gasteiger partial charge in [-0.05, 0) is 93.8 Å². The number of aryl methyl sites for hydroxylation is 1. The average molecular weight is 772 g/mol. The lowest BCUT2D eigenvalue weighted by Crippen LogP contribution is -2.47. The maximum Gasteiger partial charge on any atom is 0.329 e. The van der Waals surface area contributed by atoms with Crippen molar-refractivity contribution >= 4 is 57.3 Å². The molecule has 0 bridgehead atoms. The number of imidazole rings is 2. The van der Waals surface area contributed by atoms with Crippen molar-refractivity contribution in [2.75, 3.05) is 61.4 Å². The van der Waals surface area contributed by atoms with E-state index in [1.54, 1.807) is 26.9 Å². The van der Waals surface area contributed by atoms with Gasteiger partial charge in [-0.1, -0.05) is 18.2 Å². The predicted octanol–water partition coefficient (Wildman–Crippen LogP) is 3.70. The van der Waals surface area contributed by atoms with Crippen molar-refractivity contribution in [3.8, 4) is 0 Å². The Balaban J connectivity index is 0.800. The Kier molecular flexibility index (Phi) is 8.61. The number of nitrogens with one attached hydrogen (secondary N) is 3. The zero-order chi connectivity index (χ0) is 39.0. The van der Waals surface area contributed by atoms with Gasteiger partial charge in [0.25, 0.3) is 5.91 Å². The summed E-state index contributed by atoms with van der Waals surface area (Å²) in [4.78, 5) is 62.8. The second-order valence-corrected chi connectivity index (χ2v) is 16.8. The fraction of sp³-hybridized carbons (Fsp3) is 0.476. The summed E-state index contributed by atoms with van der Waals surface area (Å²) in [5.41, 5.74) is 6.85. The van der Waals surface area contributed by atoms with Crippen molar-refractivity contribution in [2.24, 2.45) is 13.0 Å². The van der Waals surface area contributed by atoms with Gasteiger partial charge in [0.15, 0.2) is 17.2 Å². The van der Waals surface area contributed by atoms with Crippen LogP contribution in [0.4, 0.5) is 22.9 Å². The number of carbonyl (C=O) groups is 3. The van der Waals surface area contributed by atoms with Crippen LogP contribution < -0.4 is 31.4 Å². The lowest BCUT2D eigenvalue weighted by atomic mass is 9.74. The Morgan fingerprint density at radius 2 is 1.74 bits per heavy atom. The molecule has 1 unspecified atom stereocenters. The fourth-order valence-corrected chi connectivity index (χ4v) is 9.86. The third kappa shape index (κ3) is 6.14. The summed E-state index contributed by atoms with van der Waals surface area (Å²) in [6.45, 7) is 5.91. The van der Waals surface area contributed by atoms with Crippen LogP contribution in [-0.4, -0.2) is 98.7 Å². The summed E-state index contributed by atoms with van der Waals surface area (Å²) in [5, 5.41) is 13.8. The smallest absolute Gasteiger partial charge is 0.329 e. The Morgan fingerprint density at radius 3 is 2.49 bits per heavy atom. The molecule has 10 rings (SSSR count). The molecule has 4 fully saturated rings. The van der Waals surface area contributed by atoms with Crippen LogP contribution in [0.3, 0.4) is 0 Å². The third-order valence-corrected chi connectivity index (χ3v) is 13.3. The second kappa shape index (κ2) is 13.7. The zero-order valence-corrected chi connectivity index (χ0v) is 32.5. The number of carbonyl (C=O) groups excluding carboxylic acids is 3. The maximum absolute atomic E-state index is 13.3. The monoisotopic (exact) mass is 771 g/mol. The largest absolute Gasteiger partial charge is 0.385 e. The van der Waals surface area contributed by atoms with E-state index in [-0.39, 0.29) is 35.4 Å². The van der Waals surface area contributed by atoms with E-state index in [2.05, 4.69) is 78.1 Å². The summed E-state index contributed by atoms with van der Waals surface area (Å²) in [6, 6.07) is 16.4. The van der Waals surface area contributed by atoms with Gasteiger partial charge in [-0.2, -0.15) is 0 Å². The minimum atomic E-state index is -0.686.